The number of hydrogen-bond donors (Lipinski definition) is 1. The van der Waals surface area contributed by atoms with Crippen LogP contribution in [0.15, 0.2) is 40.4 Å². The first-order chi connectivity index (χ1) is 9.65. The number of thiophene rings is 1. The van der Waals surface area contributed by atoms with Crippen LogP contribution in [0.5, 0.6) is 11.6 Å². The summed E-state index contributed by atoms with van der Waals surface area (Å²) in [4.78, 5) is 19.4. The molecule has 0 aliphatic carbocycles. The normalized spacial score (nSPS) is 10.7. The topological polar surface area (TPSA) is 72.3 Å². The summed E-state index contributed by atoms with van der Waals surface area (Å²) >= 11 is 4.74. The molecule has 5 nitrogen and oxygen atoms in total. The van der Waals surface area contributed by atoms with Crippen LogP contribution in [0, 0.1) is 0 Å². The van der Waals surface area contributed by atoms with Gasteiger partial charge >= 0.3 is 5.97 Å². The molecule has 0 saturated carbocycles. The van der Waals surface area contributed by atoms with Gasteiger partial charge in [-0.1, -0.05) is 15.9 Å². The number of carboxylic acid groups (broad SMARTS) is 1. The molecule has 0 aliphatic heterocycles. The number of aromatic nitrogens is 2. The van der Waals surface area contributed by atoms with E-state index in [1.54, 1.807) is 12.1 Å². The third-order valence-electron chi connectivity index (χ3n) is 2.59. The zero-order chi connectivity index (χ0) is 14.1. The smallest absolute Gasteiger partial charge is 0.339 e. The van der Waals surface area contributed by atoms with Gasteiger partial charge in [0.15, 0.2) is 0 Å². The zero-order valence-corrected chi connectivity index (χ0v) is 12.3. The molecule has 3 rings (SSSR count). The van der Waals surface area contributed by atoms with Gasteiger partial charge in [-0.2, -0.15) is 0 Å². The van der Waals surface area contributed by atoms with Gasteiger partial charge in [0.2, 0.25) is 5.88 Å². The van der Waals surface area contributed by atoms with Gasteiger partial charge in [-0.25, -0.2) is 14.8 Å². The molecule has 2 aromatic heterocycles. The molecule has 1 aromatic carbocycles. The Bertz CT molecular complexity index is 803. The van der Waals surface area contributed by atoms with Crippen molar-refractivity contribution in [1.82, 2.24) is 9.97 Å². The molecule has 0 amide bonds. The number of hydrogen-bond acceptors (Lipinski definition) is 5. The van der Waals surface area contributed by atoms with Crippen molar-refractivity contribution >= 4 is 43.5 Å². The molecule has 0 aliphatic rings. The van der Waals surface area contributed by atoms with Crippen LogP contribution in [0.4, 0.5) is 0 Å². The second kappa shape index (κ2) is 5.18. The van der Waals surface area contributed by atoms with Crippen LogP contribution < -0.4 is 4.74 Å². The van der Waals surface area contributed by atoms with Crippen molar-refractivity contribution in [3.05, 3.63) is 46.0 Å². The molecule has 100 valence electrons. The molecule has 0 unspecified atom stereocenters. The number of aromatic carboxylic acids is 1. The van der Waals surface area contributed by atoms with Crippen LogP contribution in [0.2, 0.25) is 0 Å². The lowest BCUT2D eigenvalue weighted by molar-refractivity contribution is 0.0694. The van der Waals surface area contributed by atoms with Crippen molar-refractivity contribution in [3.8, 4) is 11.6 Å². The van der Waals surface area contributed by atoms with Crippen molar-refractivity contribution in [2.24, 2.45) is 0 Å². The van der Waals surface area contributed by atoms with Gasteiger partial charge in [0.1, 0.15) is 22.3 Å². The van der Waals surface area contributed by atoms with E-state index in [-0.39, 0.29) is 11.3 Å². The molecular weight excluding hydrogens is 344 g/mol. The molecule has 0 spiro atoms. The maximum absolute atomic E-state index is 11.2. The van der Waals surface area contributed by atoms with Crippen LogP contribution in [0.1, 0.15) is 10.4 Å². The molecule has 20 heavy (non-hydrogen) atoms. The largest absolute Gasteiger partial charge is 0.478 e. The Hall–Kier alpha value is -1.99. The van der Waals surface area contributed by atoms with Crippen LogP contribution in [0.25, 0.3) is 10.2 Å². The van der Waals surface area contributed by atoms with E-state index in [4.69, 9.17) is 4.74 Å². The van der Waals surface area contributed by atoms with Crippen molar-refractivity contribution in [1.29, 1.82) is 0 Å². The molecule has 7 heteroatoms. The van der Waals surface area contributed by atoms with E-state index < -0.39 is 5.97 Å². The van der Waals surface area contributed by atoms with Crippen LogP contribution in [-0.4, -0.2) is 21.0 Å². The third-order valence-corrected chi connectivity index (χ3v) is 3.98. The SMILES string of the molecule is O=C(O)c1ccc(Br)cc1Oc1ncnc2ccsc12. The quantitative estimate of drug-likeness (QED) is 0.774. The van der Waals surface area contributed by atoms with E-state index in [1.807, 2.05) is 11.4 Å². The number of carbonyl (C=O) groups is 1. The predicted molar refractivity (Wildman–Crippen MR) is 78.6 cm³/mol. The summed E-state index contributed by atoms with van der Waals surface area (Å²) in [5, 5.41) is 11.1. The summed E-state index contributed by atoms with van der Waals surface area (Å²) in [7, 11) is 0. The van der Waals surface area contributed by atoms with Gasteiger partial charge in [-0.05, 0) is 29.6 Å². The van der Waals surface area contributed by atoms with E-state index >= 15 is 0 Å². The van der Waals surface area contributed by atoms with E-state index in [0.717, 1.165) is 14.7 Å². The molecular formula is C13H7BrN2O3S. The molecule has 0 bridgehead atoms. The Kier molecular flexibility index (Phi) is 3.37. The Morgan fingerprint density at radius 1 is 1.30 bits per heavy atom. The lowest BCUT2D eigenvalue weighted by atomic mass is 10.2. The van der Waals surface area contributed by atoms with Gasteiger partial charge in [-0.15, -0.1) is 11.3 Å². The number of carboxylic acids is 1. The first-order valence-electron chi connectivity index (χ1n) is 5.54. The van der Waals surface area contributed by atoms with Gasteiger partial charge in [0, 0.05) is 4.47 Å². The summed E-state index contributed by atoms with van der Waals surface area (Å²) in [6, 6.07) is 6.59. The fourth-order valence-electron chi connectivity index (χ4n) is 1.70. The fraction of sp³-hybridized carbons (Fsp3) is 0. The van der Waals surface area contributed by atoms with Crippen molar-refractivity contribution in [3.63, 3.8) is 0 Å². The lowest BCUT2D eigenvalue weighted by Crippen LogP contribution is -2.00. The summed E-state index contributed by atoms with van der Waals surface area (Å²) < 4.78 is 7.18. The predicted octanol–water partition coefficient (Wildman–Crippen LogP) is 3.94. The highest BCUT2D eigenvalue weighted by Gasteiger charge is 2.15. The van der Waals surface area contributed by atoms with Crippen LogP contribution in [-0.2, 0) is 0 Å². The maximum atomic E-state index is 11.2. The van der Waals surface area contributed by atoms with Gasteiger partial charge in [0.25, 0.3) is 0 Å². The van der Waals surface area contributed by atoms with Gasteiger partial charge in [0.05, 0.1) is 5.52 Å². The molecule has 0 fully saturated rings. The first kappa shape index (κ1) is 13.0. The summed E-state index contributed by atoms with van der Waals surface area (Å²) in [6.45, 7) is 0. The van der Waals surface area contributed by atoms with Gasteiger partial charge in [-0.3, -0.25) is 0 Å². The van der Waals surface area contributed by atoms with Crippen LogP contribution >= 0.6 is 27.3 Å². The minimum Gasteiger partial charge on any atom is -0.478 e. The summed E-state index contributed by atoms with van der Waals surface area (Å²) in [5.41, 5.74) is 0.850. The molecule has 2 heterocycles. The number of fused-ring (bicyclic) bond motifs is 1. The molecule has 0 atom stereocenters. The standard InChI is InChI=1S/C13H7BrN2O3S/c14-7-1-2-8(13(17)18)10(5-7)19-12-11-9(3-4-20-11)15-6-16-12/h1-6H,(H,17,18). The van der Waals surface area contributed by atoms with E-state index in [9.17, 15) is 9.90 Å². The first-order valence-corrected chi connectivity index (χ1v) is 7.21. The highest BCUT2D eigenvalue weighted by molar-refractivity contribution is 9.10. The average Bonchev–Trinajstić information content (AvgIpc) is 2.88. The van der Waals surface area contributed by atoms with Crippen molar-refractivity contribution in [2.45, 2.75) is 0 Å². The molecule has 3 aromatic rings. The van der Waals surface area contributed by atoms with Crippen molar-refractivity contribution in [2.75, 3.05) is 0 Å². The Labute approximate surface area is 126 Å². The van der Waals surface area contributed by atoms with Gasteiger partial charge < -0.3 is 9.84 Å². The highest BCUT2D eigenvalue weighted by Crippen LogP contribution is 2.33. The monoisotopic (exact) mass is 350 g/mol. The Balaban J connectivity index is 2.09. The summed E-state index contributed by atoms with van der Waals surface area (Å²) in [6.07, 6.45) is 1.39. The number of nitrogens with zero attached hydrogens (tertiary/aromatic N) is 2. The van der Waals surface area contributed by atoms with Crippen molar-refractivity contribution < 1.29 is 14.6 Å². The average molecular weight is 351 g/mol. The molecule has 1 N–H and O–H groups in total. The third kappa shape index (κ3) is 2.37. The minimum absolute atomic E-state index is 0.0801. The Morgan fingerprint density at radius 2 is 2.15 bits per heavy atom. The number of rotatable bonds is 3. The fourth-order valence-corrected chi connectivity index (χ4v) is 2.81. The molecule has 0 radical (unpaired) electrons. The second-order valence-corrected chi connectivity index (χ2v) is 5.69. The summed E-state index contributed by atoms with van der Waals surface area (Å²) in [5.74, 6) is -0.463. The Morgan fingerprint density at radius 3 is 2.95 bits per heavy atom. The van der Waals surface area contributed by atoms with E-state index in [1.165, 1.54) is 23.7 Å². The minimum atomic E-state index is -1.05. The highest BCUT2D eigenvalue weighted by atomic mass is 79.9. The van der Waals surface area contributed by atoms with E-state index in [0.29, 0.717) is 5.88 Å². The number of halogens is 1. The number of ether oxygens (including phenoxy) is 1. The number of benzene rings is 1. The maximum Gasteiger partial charge on any atom is 0.339 e. The van der Waals surface area contributed by atoms with E-state index in [2.05, 4.69) is 25.9 Å². The lowest BCUT2D eigenvalue weighted by Gasteiger charge is -2.08. The zero-order valence-electron chi connectivity index (χ0n) is 9.91. The van der Waals surface area contributed by atoms with Crippen LogP contribution in [0.3, 0.4) is 0 Å². The second-order valence-electron chi connectivity index (χ2n) is 3.86. The molecule has 0 saturated heterocycles.